The van der Waals surface area contributed by atoms with Crippen molar-refractivity contribution >= 4 is 19.7 Å². The fourth-order valence-corrected chi connectivity index (χ4v) is 7.40. The van der Waals surface area contributed by atoms with Gasteiger partial charge in [0.05, 0.1) is 16.8 Å². The van der Waals surface area contributed by atoms with Gasteiger partial charge in [-0.2, -0.15) is 0 Å². The van der Waals surface area contributed by atoms with Gasteiger partial charge in [-0.05, 0) is 31.1 Å². The van der Waals surface area contributed by atoms with Crippen molar-refractivity contribution in [1.82, 2.24) is 0 Å². The second-order valence-electron chi connectivity index (χ2n) is 6.76. The number of allylic oxidation sites excluding steroid dienone is 3. The van der Waals surface area contributed by atoms with Gasteiger partial charge in [-0.3, -0.25) is 0 Å². The van der Waals surface area contributed by atoms with Crippen LogP contribution in [0.3, 0.4) is 0 Å². The molecule has 23 heavy (non-hydrogen) atoms. The molecule has 132 valence electrons. The van der Waals surface area contributed by atoms with Gasteiger partial charge in [0.1, 0.15) is 0 Å². The molecule has 0 saturated heterocycles. The number of hydrogen-bond donors (Lipinski definition) is 0. The highest BCUT2D eigenvalue weighted by Crippen LogP contribution is 2.48. The summed E-state index contributed by atoms with van der Waals surface area (Å²) in [5.74, 6) is 0.374. The second kappa shape index (κ2) is 7.51. The highest BCUT2D eigenvalue weighted by atomic mass is 32.2. The highest BCUT2D eigenvalue weighted by molar-refractivity contribution is 7.94. The molecular weight excluding hydrogens is 332 g/mol. The van der Waals surface area contributed by atoms with Crippen LogP contribution in [0.4, 0.5) is 0 Å². The van der Waals surface area contributed by atoms with Crippen LogP contribution in [0.2, 0.25) is 0 Å². The van der Waals surface area contributed by atoms with Gasteiger partial charge in [0.25, 0.3) is 0 Å². The van der Waals surface area contributed by atoms with Gasteiger partial charge >= 0.3 is 0 Å². The SMILES string of the molecule is CCCCS(=O)(=O)/C=C\[C@H]1[C@@H](S(=O)(=O)CCCC)[C@@H]2C=C[C@@H]1C2. The normalized spacial score (nSPS) is 30.5. The van der Waals surface area contributed by atoms with E-state index >= 15 is 0 Å². The summed E-state index contributed by atoms with van der Waals surface area (Å²) in [7, 11) is -6.42. The van der Waals surface area contributed by atoms with Crippen LogP contribution in [0.1, 0.15) is 46.0 Å². The van der Waals surface area contributed by atoms with Crippen LogP contribution in [-0.2, 0) is 19.7 Å². The average Bonchev–Trinajstić information content (AvgIpc) is 3.10. The molecular formula is C17H28O4S2. The van der Waals surface area contributed by atoms with Crippen LogP contribution in [0.25, 0.3) is 0 Å². The number of hydrogen-bond acceptors (Lipinski definition) is 4. The van der Waals surface area contributed by atoms with Gasteiger partial charge in [0, 0.05) is 11.3 Å². The molecule has 1 fully saturated rings. The van der Waals surface area contributed by atoms with Crippen LogP contribution in [0, 0.1) is 17.8 Å². The summed E-state index contributed by atoms with van der Waals surface area (Å²) >= 11 is 0. The number of sulfone groups is 2. The molecule has 2 rings (SSSR count). The van der Waals surface area contributed by atoms with Crippen molar-refractivity contribution in [2.45, 2.75) is 51.2 Å². The molecule has 2 aliphatic rings. The minimum absolute atomic E-state index is 0.0508. The zero-order valence-corrected chi connectivity index (χ0v) is 15.7. The van der Waals surface area contributed by atoms with Crippen LogP contribution in [0.15, 0.2) is 23.6 Å². The minimum atomic E-state index is -3.23. The standard InChI is InChI=1S/C17H28O4S2/c1-3-5-10-22(18,19)12-9-16-14-7-8-15(13-14)17(16)23(20,21)11-6-4-2/h7-9,12,14-17H,3-6,10-11,13H2,1-2H3/b12-9-/t14-,15-,16-,17+/m1/s1. The molecule has 4 nitrogen and oxygen atoms in total. The third-order valence-corrected chi connectivity index (χ3v) is 8.71. The van der Waals surface area contributed by atoms with Crippen LogP contribution < -0.4 is 0 Å². The Morgan fingerprint density at radius 3 is 2.22 bits per heavy atom. The second-order valence-corrected chi connectivity index (χ2v) is 11.0. The molecule has 0 radical (unpaired) electrons. The zero-order chi connectivity index (χ0) is 17.1. The Bertz CT molecular complexity index is 659. The molecule has 0 spiro atoms. The fourth-order valence-electron chi connectivity index (χ4n) is 3.68. The van der Waals surface area contributed by atoms with E-state index in [2.05, 4.69) is 6.08 Å². The first-order chi connectivity index (χ1) is 10.8. The third-order valence-electron chi connectivity index (χ3n) is 4.93. The zero-order valence-electron chi connectivity index (χ0n) is 14.0. The topological polar surface area (TPSA) is 68.3 Å². The summed E-state index contributed by atoms with van der Waals surface area (Å²) in [6.07, 6.45) is 9.55. The lowest BCUT2D eigenvalue weighted by Gasteiger charge is -2.25. The highest BCUT2D eigenvalue weighted by Gasteiger charge is 2.49. The summed E-state index contributed by atoms with van der Waals surface area (Å²) in [6, 6.07) is 0. The molecule has 0 amide bonds. The van der Waals surface area contributed by atoms with E-state index in [4.69, 9.17) is 0 Å². The first kappa shape index (κ1) is 18.7. The molecule has 0 aromatic carbocycles. The van der Waals surface area contributed by atoms with Crippen molar-refractivity contribution in [3.05, 3.63) is 23.6 Å². The summed E-state index contributed by atoms with van der Waals surface area (Å²) in [5, 5.41) is 0.825. The molecule has 1 saturated carbocycles. The molecule has 4 atom stereocenters. The Kier molecular flexibility index (Phi) is 6.11. The Morgan fingerprint density at radius 2 is 1.57 bits per heavy atom. The summed E-state index contributed by atoms with van der Waals surface area (Å²) in [5.41, 5.74) is 0. The monoisotopic (exact) mass is 360 g/mol. The van der Waals surface area contributed by atoms with Crippen molar-refractivity contribution in [2.24, 2.45) is 17.8 Å². The largest absolute Gasteiger partial charge is 0.229 e. The predicted octanol–water partition coefficient (Wildman–Crippen LogP) is 3.12. The maximum absolute atomic E-state index is 12.7. The molecule has 2 bridgehead atoms. The molecule has 0 heterocycles. The minimum Gasteiger partial charge on any atom is -0.229 e. The van der Waals surface area contributed by atoms with E-state index in [0.29, 0.717) is 12.8 Å². The molecule has 6 heteroatoms. The van der Waals surface area contributed by atoms with Gasteiger partial charge in [-0.1, -0.05) is 44.9 Å². The van der Waals surface area contributed by atoms with Crippen molar-refractivity contribution in [2.75, 3.05) is 11.5 Å². The quantitative estimate of drug-likeness (QED) is 0.593. The van der Waals surface area contributed by atoms with E-state index in [0.717, 1.165) is 19.3 Å². The molecule has 0 unspecified atom stereocenters. The number of rotatable bonds is 9. The lowest BCUT2D eigenvalue weighted by molar-refractivity contribution is 0.513. The van der Waals surface area contributed by atoms with Gasteiger partial charge in [-0.25, -0.2) is 16.8 Å². The van der Waals surface area contributed by atoms with Gasteiger partial charge in [-0.15, -0.1) is 0 Å². The van der Waals surface area contributed by atoms with E-state index < -0.39 is 24.9 Å². The predicted molar refractivity (Wildman–Crippen MR) is 94.5 cm³/mol. The van der Waals surface area contributed by atoms with E-state index in [1.807, 2.05) is 19.9 Å². The van der Waals surface area contributed by atoms with Crippen LogP contribution in [0.5, 0.6) is 0 Å². The Balaban J connectivity index is 2.18. The lowest BCUT2D eigenvalue weighted by atomic mass is 9.93. The summed E-state index contributed by atoms with van der Waals surface area (Å²) in [4.78, 5) is 0. The first-order valence-corrected chi connectivity index (χ1v) is 12.0. The Hall–Kier alpha value is -0.620. The van der Waals surface area contributed by atoms with Gasteiger partial charge in [0.15, 0.2) is 19.7 Å². The van der Waals surface area contributed by atoms with Gasteiger partial charge < -0.3 is 0 Å². The first-order valence-electron chi connectivity index (χ1n) is 8.61. The Labute approximate surface area is 140 Å². The van der Waals surface area contributed by atoms with Crippen molar-refractivity contribution in [1.29, 1.82) is 0 Å². The van der Waals surface area contributed by atoms with Crippen molar-refractivity contribution in [3.63, 3.8) is 0 Å². The van der Waals surface area contributed by atoms with Gasteiger partial charge in [0.2, 0.25) is 0 Å². The molecule has 0 N–H and O–H groups in total. The summed E-state index contributed by atoms with van der Waals surface area (Å²) < 4.78 is 49.4. The van der Waals surface area contributed by atoms with E-state index in [1.165, 1.54) is 5.41 Å². The average molecular weight is 361 g/mol. The van der Waals surface area contributed by atoms with E-state index in [9.17, 15) is 16.8 Å². The number of fused-ring (bicyclic) bond motifs is 2. The maximum atomic E-state index is 12.7. The lowest BCUT2D eigenvalue weighted by Crippen LogP contribution is -2.34. The molecule has 0 aromatic heterocycles. The van der Waals surface area contributed by atoms with Crippen molar-refractivity contribution in [3.8, 4) is 0 Å². The molecule has 0 aliphatic heterocycles. The van der Waals surface area contributed by atoms with E-state index in [1.54, 1.807) is 6.08 Å². The number of unbranched alkanes of at least 4 members (excludes halogenated alkanes) is 2. The maximum Gasteiger partial charge on any atom is 0.171 e. The fraction of sp³-hybridized carbons (Fsp3) is 0.765. The Morgan fingerprint density at radius 1 is 0.957 bits per heavy atom. The molecule has 2 aliphatic carbocycles. The van der Waals surface area contributed by atoms with Crippen LogP contribution >= 0.6 is 0 Å². The van der Waals surface area contributed by atoms with Crippen molar-refractivity contribution < 1.29 is 16.8 Å². The summed E-state index contributed by atoms with van der Waals surface area (Å²) in [6.45, 7) is 3.93. The van der Waals surface area contributed by atoms with Crippen LogP contribution in [-0.4, -0.2) is 33.6 Å². The smallest absolute Gasteiger partial charge is 0.171 e. The third kappa shape index (κ3) is 4.47. The van der Waals surface area contributed by atoms with E-state index in [-0.39, 0.29) is 29.3 Å². The molecule has 0 aromatic rings.